The van der Waals surface area contributed by atoms with E-state index in [4.69, 9.17) is 4.98 Å². The Hall–Kier alpha value is -2.36. The van der Waals surface area contributed by atoms with Crippen LogP contribution >= 0.6 is 0 Å². The van der Waals surface area contributed by atoms with Gasteiger partial charge in [-0.3, -0.25) is 0 Å². The van der Waals surface area contributed by atoms with Crippen molar-refractivity contribution in [2.45, 2.75) is 45.4 Å². The molecule has 2 heterocycles. The fourth-order valence-corrected chi connectivity index (χ4v) is 3.79. The van der Waals surface area contributed by atoms with E-state index in [0.717, 1.165) is 43.4 Å². The molecule has 0 radical (unpaired) electrons. The number of rotatable bonds is 5. The van der Waals surface area contributed by atoms with E-state index in [1.165, 1.54) is 36.9 Å². The van der Waals surface area contributed by atoms with Crippen LogP contribution in [0.3, 0.4) is 0 Å². The Morgan fingerprint density at radius 1 is 1.12 bits per heavy atom. The van der Waals surface area contributed by atoms with Crippen molar-refractivity contribution < 1.29 is 0 Å². The van der Waals surface area contributed by atoms with Crippen LogP contribution in [0.1, 0.15) is 43.4 Å². The van der Waals surface area contributed by atoms with Gasteiger partial charge in [0.05, 0.1) is 0 Å². The number of allylic oxidation sites excluding steroid dienone is 1. The van der Waals surface area contributed by atoms with E-state index in [1.54, 1.807) is 5.57 Å². The second kappa shape index (κ2) is 7.26. The molecule has 0 saturated carbocycles. The van der Waals surface area contributed by atoms with E-state index in [2.05, 4.69) is 45.5 Å². The quantitative estimate of drug-likeness (QED) is 0.799. The average Bonchev–Trinajstić information content (AvgIpc) is 3.06. The van der Waals surface area contributed by atoms with E-state index in [1.807, 2.05) is 13.0 Å². The highest BCUT2D eigenvalue weighted by Crippen LogP contribution is 2.32. The fraction of sp³-hybridized carbons (Fsp3) is 0.429. The zero-order chi connectivity index (χ0) is 17.1. The van der Waals surface area contributed by atoms with Gasteiger partial charge in [0.15, 0.2) is 0 Å². The lowest BCUT2D eigenvalue weighted by Gasteiger charge is -2.19. The molecule has 0 amide bonds. The molecule has 2 aliphatic rings. The number of benzene rings is 1. The van der Waals surface area contributed by atoms with Gasteiger partial charge in [-0.05, 0) is 57.1 Å². The lowest BCUT2D eigenvalue weighted by Crippen LogP contribution is -2.18. The standard InChI is InChI=1S/C21H26N4/c1-16-15-20(22-13-11-17-7-3-2-4-8-17)24-21(23-16)25-14-12-18-9-5-6-10-19(18)25/h5-7,9-10,15H,2-4,8,11-14H2,1H3,(H,22,23,24). The number of para-hydroxylation sites is 1. The molecule has 1 aliphatic carbocycles. The molecule has 2 aromatic rings. The van der Waals surface area contributed by atoms with Crippen LogP contribution in [0.15, 0.2) is 42.0 Å². The van der Waals surface area contributed by atoms with Gasteiger partial charge in [-0.2, -0.15) is 4.98 Å². The van der Waals surface area contributed by atoms with Crippen LogP contribution in [0, 0.1) is 6.92 Å². The van der Waals surface area contributed by atoms with Crippen LogP contribution in [0.25, 0.3) is 0 Å². The van der Waals surface area contributed by atoms with E-state index >= 15 is 0 Å². The van der Waals surface area contributed by atoms with Crippen LogP contribution in [-0.4, -0.2) is 23.1 Å². The summed E-state index contributed by atoms with van der Waals surface area (Å²) < 4.78 is 0. The molecule has 0 saturated heterocycles. The number of aromatic nitrogens is 2. The highest BCUT2D eigenvalue weighted by Gasteiger charge is 2.22. The van der Waals surface area contributed by atoms with Gasteiger partial charge in [0.1, 0.15) is 5.82 Å². The average molecular weight is 334 g/mol. The van der Waals surface area contributed by atoms with Crippen LogP contribution in [0.2, 0.25) is 0 Å². The third kappa shape index (κ3) is 3.68. The molecule has 4 nitrogen and oxygen atoms in total. The maximum Gasteiger partial charge on any atom is 0.232 e. The van der Waals surface area contributed by atoms with Crippen molar-refractivity contribution >= 4 is 17.5 Å². The van der Waals surface area contributed by atoms with Crippen LogP contribution < -0.4 is 10.2 Å². The third-order valence-corrected chi connectivity index (χ3v) is 5.11. The molecule has 25 heavy (non-hydrogen) atoms. The van der Waals surface area contributed by atoms with E-state index < -0.39 is 0 Å². The van der Waals surface area contributed by atoms with Crippen LogP contribution in [-0.2, 0) is 6.42 Å². The number of fused-ring (bicyclic) bond motifs is 1. The maximum atomic E-state index is 4.78. The summed E-state index contributed by atoms with van der Waals surface area (Å²) in [5.74, 6) is 1.74. The smallest absolute Gasteiger partial charge is 0.232 e. The summed E-state index contributed by atoms with van der Waals surface area (Å²) >= 11 is 0. The van der Waals surface area contributed by atoms with Crippen molar-refractivity contribution in [3.8, 4) is 0 Å². The summed E-state index contributed by atoms with van der Waals surface area (Å²) in [5, 5.41) is 3.50. The largest absolute Gasteiger partial charge is 0.370 e. The number of nitrogens with one attached hydrogen (secondary N) is 1. The second-order valence-electron chi connectivity index (χ2n) is 7.01. The van der Waals surface area contributed by atoms with Crippen LogP contribution in [0.5, 0.6) is 0 Å². The number of nitrogens with zero attached hydrogens (tertiary/aromatic N) is 3. The first kappa shape index (κ1) is 16.1. The molecule has 1 N–H and O–H groups in total. The van der Waals surface area contributed by atoms with E-state index in [0.29, 0.717) is 0 Å². The van der Waals surface area contributed by atoms with Gasteiger partial charge in [-0.25, -0.2) is 4.98 Å². The number of aryl methyl sites for hydroxylation is 1. The molecule has 0 fully saturated rings. The first-order valence-corrected chi connectivity index (χ1v) is 9.42. The Morgan fingerprint density at radius 2 is 2.04 bits per heavy atom. The molecule has 0 bridgehead atoms. The zero-order valence-corrected chi connectivity index (χ0v) is 15.0. The highest BCUT2D eigenvalue weighted by atomic mass is 15.3. The van der Waals surface area contributed by atoms with E-state index in [-0.39, 0.29) is 0 Å². The highest BCUT2D eigenvalue weighted by molar-refractivity contribution is 5.66. The van der Waals surface area contributed by atoms with E-state index in [9.17, 15) is 0 Å². The molecule has 0 spiro atoms. The summed E-state index contributed by atoms with van der Waals surface area (Å²) in [4.78, 5) is 11.7. The Kier molecular flexibility index (Phi) is 4.68. The molecule has 1 aromatic heterocycles. The van der Waals surface area contributed by atoms with Crippen molar-refractivity contribution in [1.82, 2.24) is 9.97 Å². The summed E-state index contributed by atoms with van der Waals surface area (Å²) in [6.07, 6.45) is 9.80. The second-order valence-corrected chi connectivity index (χ2v) is 7.01. The molecule has 0 unspecified atom stereocenters. The zero-order valence-electron chi connectivity index (χ0n) is 15.0. The minimum Gasteiger partial charge on any atom is -0.370 e. The fourth-order valence-electron chi connectivity index (χ4n) is 3.79. The van der Waals surface area contributed by atoms with Crippen LogP contribution in [0.4, 0.5) is 17.5 Å². The molecule has 0 atom stereocenters. The van der Waals surface area contributed by atoms with Crippen molar-refractivity contribution in [2.24, 2.45) is 0 Å². The Labute approximate surface area is 150 Å². The minimum absolute atomic E-state index is 0.810. The molecular formula is C21H26N4. The SMILES string of the molecule is Cc1cc(NCCC2=CCCCC2)nc(N2CCc3ccccc32)n1. The normalized spacial score (nSPS) is 16.5. The van der Waals surface area contributed by atoms with Gasteiger partial charge in [-0.15, -0.1) is 0 Å². The maximum absolute atomic E-state index is 4.78. The third-order valence-electron chi connectivity index (χ3n) is 5.11. The first-order chi connectivity index (χ1) is 12.3. The van der Waals surface area contributed by atoms with Crippen molar-refractivity contribution in [2.75, 3.05) is 23.3 Å². The summed E-state index contributed by atoms with van der Waals surface area (Å²) in [6.45, 7) is 3.94. The lowest BCUT2D eigenvalue weighted by atomic mass is 9.97. The summed E-state index contributed by atoms with van der Waals surface area (Å²) in [7, 11) is 0. The van der Waals surface area contributed by atoms with Gasteiger partial charge in [0, 0.05) is 30.5 Å². The van der Waals surface area contributed by atoms with Crippen molar-refractivity contribution in [1.29, 1.82) is 0 Å². The summed E-state index contributed by atoms with van der Waals surface area (Å²) in [5.41, 5.74) is 5.23. The number of hydrogen-bond acceptors (Lipinski definition) is 4. The Balaban J connectivity index is 1.47. The lowest BCUT2D eigenvalue weighted by molar-refractivity contribution is 0.679. The van der Waals surface area contributed by atoms with Gasteiger partial charge in [0.25, 0.3) is 0 Å². The topological polar surface area (TPSA) is 41.1 Å². The van der Waals surface area contributed by atoms with Gasteiger partial charge in [0.2, 0.25) is 5.95 Å². The minimum atomic E-state index is 0.810. The van der Waals surface area contributed by atoms with Gasteiger partial charge in [-0.1, -0.05) is 29.8 Å². The van der Waals surface area contributed by atoms with Crippen molar-refractivity contribution in [3.63, 3.8) is 0 Å². The predicted octanol–water partition coefficient (Wildman–Crippen LogP) is 4.78. The molecule has 1 aromatic carbocycles. The molecule has 4 rings (SSSR count). The summed E-state index contributed by atoms with van der Waals surface area (Å²) in [6, 6.07) is 10.6. The molecular weight excluding hydrogens is 308 g/mol. The Bertz CT molecular complexity index is 781. The first-order valence-electron chi connectivity index (χ1n) is 9.42. The Morgan fingerprint density at radius 3 is 2.92 bits per heavy atom. The number of anilines is 3. The molecule has 4 heteroatoms. The molecule has 1 aliphatic heterocycles. The monoisotopic (exact) mass is 334 g/mol. The van der Waals surface area contributed by atoms with Gasteiger partial charge < -0.3 is 10.2 Å². The predicted molar refractivity (Wildman–Crippen MR) is 104 cm³/mol. The molecule has 130 valence electrons. The number of hydrogen-bond donors (Lipinski definition) is 1. The van der Waals surface area contributed by atoms with Crippen molar-refractivity contribution in [3.05, 3.63) is 53.2 Å². The van der Waals surface area contributed by atoms with Gasteiger partial charge >= 0.3 is 0 Å².